The van der Waals surface area contributed by atoms with E-state index in [1.54, 1.807) is 0 Å². The summed E-state index contributed by atoms with van der Waals surface area (Å²) < 4.78 is 0. The van der Waals surface area contributed by atoms with Gasteiger partial charge in [0.2, 0.25) is 0 Å². The molecule has 0 saturated heterocycles. The minimum atomic E-state index is -1.10. The van der Waals surface area contributed by atoms with Crippen molar-refractivity contribution in [1.82, 2.24) is 0 Å². The Morgan fingerprint density at radius 2 is 2.00 bits per heavy atom. The van der Waals surface area contributed by atoms with Crippen LogP contribution in [0.15, 0.2) is 23.8 Å². The highest BCUT2D eigenvalue weighted by molar-refractivity contribution is 5.91. The van der Waals surface area contributed by atoms with E-state index < -0.39 is 17.1 Å². The zero-order chi connectivity index (χ0) is 18.9. The van der Waals surface area contributed by atoms with E-state index in [0.29, 0.717) is 36.7 Å². The van der Waals surface area contributed by atoms with Gasteiger partial charge in [0.15, 0.2) is 5.78 Å². The Kier molecular flexibility index (Phi) is 4.08. The molecule has 4 nitrogen and oxygen atoms in total. The smallest absolute Gasteiger partial charge is 0.155 e. The van der Waals surface area contributed by atoms with Gasteiger partial charge in [-0.1, -0.05) is 26.0 Å². The third kappa shape index (κ3) is 2.15. The molecule has 7 atom stereocenters. The number of allylic oxidation sites excluding steroid dienone is 1. The second-order valence-corrected chi connectivity index (χ2v) is 9.74. The minimum Gasteiger partial charge on any atom is -0.393 e. The molecule has 0 radical (unpaired) electrons. The topological polar surface area (TPSA) is 77.8 Å². The fourth-order valence-corrected chi connectivity index (χ4v) is 7.40. The third-order valence-corrected chi connectivity index (χ3v) is 8.82. The van der Waals surface area contributed by atoms with E-state index in [2.05, 4.69) is 20.4 Å². The predicted octanol–water partition coefficient (Wildman–Crippen LogP) is 2.77. The van der Waals surface area contributed by atoms with Crippen molar-refractivity contribution in [2.75, 3.05) is 6.61 Å². The number of aliphatic hydroxyl groups is 3. The summed E-state index contributed by atoms with van der Waals surface area (Å²) in [5, 5.41) is 32.3. The van der Waals surface area contributed by atoms with E-state index in [1.165, 1.54) is 5.57 Å². The Morgan fingerprint density at radius 1 is 1.27 bits per heavy atom. The zero-order valence-electron chi connectivity index (χ0n) is 16.0. The maximum absolute atomic E-state index is 11.9. The van der Waals surface area contributed by atoms with Gasteiger partial charge in [0.05, 0.1) is 18.3 Å². The molecule has 0 unspecified atom stereocenters. The molecular formula is C22H32O4. The van der Waals surface area contributed by atoms with Crippen LogP contribution in [0.4, 0.5) is 0 Å². The zero-order valence-corrected chi connectivity index (χ0v) is 16.0. The van der Waals surface area contributed by atoms with Gasteiger partial charge in [-0.2, -0.15) is 0 Å². The Balaban J connectivity index is 1.74. The standard InChI is InChI=1S/C22H32O4/c1-13(12-23)22(26)9-7-17-16-5-4-14-10-15(24)6-8-20(14,2)19(16)18(25)11-21(17,22)3/h10,16-19,23,25-26H,1,4-9,11-12H2,2-3H3/t16-,17+,18-,19+,20-,21-,22-/m0/s1. The Labute approximate surface area is 156 Å². The SMILES string of the molecule is C=C(CO)[C@@]1(O)CC[C@@H]2[C@@H]3CCC4=CC(=O)CC[C@]4(C)[C@H]3[C@@H](O)C[C@@]21C. The summed E-state index contributed by atoms with van der Waals surface area (Å²) in [7, 11) is 0. The molecule has 0 aromatic heterocycles. The first-order valence-corrected chi connectivity index (χ1v) is 10.1. The molecule has 0 spiro atoms. The molecule has 4 aliphatic rings. The van der Waals surface area contributed by atoms with Crippen LogP contribution in [0.1, 0.15) is 58.8 Å². The summed E-state index contributed by atoms with van der Waals surface area (Å²) in [5.74, 6) is 1.04. The molecular weight excluding hydrogens is 328 g/mol. The molecule has 0 aliphatic heterocycles. The van der Waals surface area contributed by atoms with Gasteiger partial charge in [-0.05, 0) is 73.3 Å². The number of ketones is 1. The van der Waals surface area contributed by atoms with Crippen LogP contribution >= 0.6 is 0 Å². The summed E-state index contributed by atoms with van der Waals surface area (Å²) in [5.41, 5.74) is 0.0596. The maximum Gasteiger partial charge on any atom is 0.155 e. The minimum absolute atomic E-state index is 0.105. The second-order valence-electron chi connectivity index (χ2n) is 9.74. The number of carbonyl (C=O) groups is 1. The lowest BCUT2D eigenvalue weighted by Crippen LogP contribution is -2.60. The first kappa shape index (κ1) is 18.4. The molecule has 3 saturated carbocycles. The van der Waals surface area contributed by atoms with E-state index in [9.17, 15) is 20.1 Å². The summed E-state index contributed by atoms with van der Waals surface area (Å²) >= 11 is 0. The van der Waals surface area contributed by atoms with Crippen LogP contribution in [0.5, 0.6) is 0 Å². The number of rotatable bonds is 2. The quantitative estimate of drug-likeness (QED) is 0.662. The van der Waals surface area contributed by atoms with E-state index in [-0.39, 0.29) is 23.7 Å². The average molecular weight is 360 g/mol. The summed E-state index contributed by atoms with van der Waals surface area (Å²) in [4.78, 5) is 11.9. The van der Waals surface area contributed by atoms with Gasteiger partial charge >= 0.3 is 0 Å². The number of fused-ring (bicyclic) bond motifs is 5. The van der Waals surface area contributed by atoms with Crippen molar-refractivity contribution in [1.29, 1.82) is 0 Å². The first-order chi connectivity index (χ1) is 12.2. The second kappa shape index (κ2) is 5.76. The molecule has 4 aliphatic carbocycles. The Morgan fingerprint density at radius 3 is 2.69 bits per heavy atom. The normalized spacial score (nSPS) is 50.5. The van der Waals surface area contributed by atoms with Crippen LogP contribution in [0.25, 0.3) is 0 Å². The van der Waals surface area contributed by atoms with E-state index in [0.717, 1.165) is 25.7 Å². The van der Waals surface area contributed by atoms with Crippen molar-refractivity contribution in [3.8, 4) is 0 Å². The Hall–Kier alpha value is -0.970. The van der Waals surface area contributed by atoms with Crippen molar-refractivity contribution in [3.63, 3.8) is 0 Å². The summed E-state index contributed by atoms with van der Waals surface area (Å²) in [6, 6.07) is 0. The van der Waals surface area contributed by atoms with Gasteiger partial charge in [0.1, 0.15) is 0 Å². The Bertz CT molecular complexity index is 682. The molecule has 0 bridgehead atoms. The predicted molar refractivity (Wildman–Crippen MR) is 99.3 cm³/mol. The van der Waals surface area contributed by atoms with Crippen LogP contribution in [0.2, 0.25) is 0 Å². The highest BCUT2D eigenvalue weighted by atomic mass is 16.3. The third-order valence-electron chi connectivity index (χ3n) is 8.82. The largest absolute Gasteiger partial charge is 0.393 e. The van der Waals surface area contributed by atoms with Gasteiger partial charge in [0.25, 0.3) is 0 Å². The number of hydrogen-bond donors (Lipinski definition) is 3. The van der Waals surface area contributed by atoms with Gasteiger partial charge < -0.3 is 15.3 Å². The van der Waals surface area contributed by atoms with Crippen LogP contribution < -0.4 is 0 Å². The molecule has 144 valence electrons. The number of hydrogen-bond acceptors (Lipinski definition) is 4. The van der Waals surface area contributed by atoms with Crippen molar-refractivity contribution in [2.24, 2.45) is 28.6 Å². The average Bonchev–Trinajstić information content (AvgIpc) is 2.86. The molecule has 3 fully saturated rings. The monoisotopic (exact) mass is 360 g/mol. The fourth-order valence-electron chi connectivity index (χ4n) is 7.40. The van der Waals surface area contributed by atoms with Gasteiger partial charge in [-0.3, -0.25) is 4.79 Å². The summed E-state index contributed by atoms with van der Waals surface area (Å²) in [6.07, 6.45) is 6.69. The van der Waals surface area contributed by atoms with Crippen LogP contribution in [0, 0.1) is 28.6 Å². The highest BCUT2D eigenvalue weighted by Gasteiger charge is 2.66. The highest BCUT2D eigenvalue weighted by Crippen LogP contribution is 2.68. The summed E-state index contributed by atoms with van der Waals surface area (Å²) in [6.45, 7) is 8.06. The van der Waals surface area contributed by atoms with Crippen molar-refractivity contribution in [3.05, 3.63) is 23.8 Å². The van der Waals surface area contributed by atoms with Gasteiger partial charge in [-0.25, -0.2) is 0 Å². The van der Waals surface area contributed by atoms with E-state index >= 15 is 0 Å². The first-order valence-electron chi connectivity index (χ1n) is 10.1. The molecule has 26 heavy (non-hydrogen) atoms. The molecule has 3 N–H and O–H groups in total. The molecule has 0 amide bonds. The molecule has 4 rings (SSSR count). The lowest BCUT2D eigenvalue weighted by molar-refractivity contribution is -0.162. The van der Waals surface area contributed by atoms with Gasteiger partial charge in [-0.15, -0.1) is 0 Å². The molecule has 0 heterocycles. The number of aliphatic hydroxyl groups excluding tert-OH is 2. The van der Waals surface area contributed by atoms with Crippen molar-refractivity contribution >= 4 is 5.78 Å². The van der Waals surface area contributed by atoms with Gasteiger partial charge in [0, 0.05) is 11.8 Å². The lowest BCUT2D eigenvalue weighted by atomic mass is 9.45. The molecule has 0 aromatic carbocycles. The maximum atomic E-state index is 11.9. The fraction of sp³-hybridized carbons (Fsp3) is 0.773. The van der Waals surface area contributed by atoms with E-state index in [4.69, 9.17) is 0 Å². The van der Waals surface area contributed by atoms with Crippen LogP contribution in [-0.2, 0) is 4.79 Å². The lowest BCUT2D eigenvalue weighted by Gasteiger charge is -2.61. The van der Waals surface area contributed by atoms with Crippen LogP contribution in [-0.4, -0.2) is 39.4 Å². The number of carbonyl (C=O) groups excluding carboxylic acids is 1. The van der Waals surface area contributed by atoms with E-state index in [1.807, 2.05) is 6.08 Å². The van der Waals surface area contributed by atoms with Crippen LogP contribution in [0.3, 0.4) is 0 Å². The van der Waals surface area contributed by atoms with Crippen molar-refractivity contribution < 1.29 is 20.1 Å². The molecule has 0 aromatic rings. The molecule has 4 heteroatoms. The van der Waals surface area contributed by atoms with Crippen molar-refractivity contribution in [2.45, 2.75) is 70.5 Å².